The molecular weight excluding hydrogens is 588 g/mol. The van der Waals surface area contributed by atoms with Crippen LogP contribution in [0.4, 0.5) is 0 Å². The maximum absolute atomic E-state index is 13.4. The molecule has 3 amide bonds. The van der Waals surface area contributed by atoms with Crippen molar-refractivity contribution in [2.75, 3.05) is 19.7 Å². The molecule has 0 aliphatic carbocycles. The smallest absolute Gasteiger partial charge is 0.261 e. The number of ether oxygens (including phenoxy) is 1. The number of halogens is 1. The van der Waals surface area contributed by atoms with Crippen molar-refractivity contribution in [1.82, 2.24) is 10.2 Å². The lowest BCUT2D eigenvalue weighted by atomic mass is 9.94. The zero-order chi connectivity index (χ0) is 27.6. The fraction of sp³-hybridized carbons (Fsp3) is 0.0938. The van der Waals surface area contributed by atoms with E-state index in [0.717, 1.165) is 30.4 Å². The molecule has 6 rings (SSSR count). The van der Waals surface area contributed by atoms with Crippen molar-refractivity contribution in [2.45, 2.75) is 9.79 Å². The van der Waals surface area contributed by atoms with Crippen LogP contribution in [0, 0.1) is 0 Å². The van der Waals surface area contributed by atoms with Crippen LogP contribution in [0.1, 0.15) is 20.7 Å². The van der Waals surface area contributed by atoms with Gasteiger partial charge in [0, 0.05) is 43.9 Å². The van der Waals surface area contributed by atoms with Gasteiger partial charge in [-0.1, -0.05) is 70.2 Å². The third kappa shape index (κ3) is 5.20. The van der Waals surface area contributed by atoms with E-state index in [9.17, 15) is 14.4 Å². The monoisotopic (exact) mass is 610 g/mol. The van der Waals surface area contributed by atoms with E-state index < -0.39 is 0 Å². The topological polar surface area (TPSA) is 75.7 Å². The van der Waals surface area contributed by atoms with Crippen LogP contribution in [0.3, 0.4) is 0 Å². The van der Waals surface area contributed by atoms with Gasteiger partial charge in [0.15, 0.2) is 6.61 Å². The summed E-state index contributed by atoms with van der Waals surface area (Å²) in [4.78, 5) is 42.4. The Bertz CT molecular complexity index is 1770. The van der Waals surface area contributed by atoms with Crippen molar-refractivity contribution < 1.29 is 19.1 Å². The molecule has 0 fully saturated rings. The second kappa shape index (κ2) is 11.2. The standard InChI is InChI=1S/C32H23BrN2O4S/c33-22-9-12-24(13-10-22)40-28-15-14-27-30-25(28)6-3-7-26(30)31(37)35(32(27)38)17-16-34-29(36)19-39-23-11-8-20-4-1-2-5-21(20)18-23/h1-15,18H,16-17,19H2,(H,34,36). The number of rotatable bonds is 8. The summed E-state index contributed by atoms with van der Waals surface area (Å²) in [5.41, 5.74) is 0.965. The zero-order valence-electron chi connectivity index (χ0n) is 21.2. The highest BCUT2D eigenvalue weighted by Crippen LogP contribution is 2.39. The number of imide groups is 1. The average molecular weight is 612 g/mol. The largest absolute Gasteiger partial charge is 0.484 e. The van der Waals surface area contributed by atoms with Gasteiger partial charge in [-0.05, 0) is 70.8 Å². The minimum absolute atomic E-state index is 0.0601. The molecule has 1 aliphatic heterocycles. The van der Waals surface area contributed by atoms with Gasteiger partial charge in [0.1, 0.15) is 5.75 Å². The molecular formula is C32H23BrN2O4S. The molecule has 0 bridgehead atoms. The number of carbonyl (C=O) groups is 3. The quantitative estimate of drug-likeness (QED) is 0.198. The number of nitrogens with one attached hydrogen (secondary N) is 1. The summed E-state index contributed by atoms with van der Waals surface area (Å²) in [5.74, 6) is -0.467. The van der Waals surface area contributed by atoms with Crippen molar-refractivity contribution in [3.8, 4) is 5.75 Å². The normalized spacial score (nSPS) is 12.7. The van der Waals surface area contributed by atoms with E-state index in [0.29, 0.717) is 22.3 Å². The predicted octanol–water partition coefficient (Wildman–Crippen LogP) is 6.70. The van der Waals surface area contributed by atoms with E-state index in [1.165, 1.54) is 4.90 Å². The summed E-state index contributed by atoms with van der Waals surface area (Å²) >= 11 is 5.04. The van der Waals surface area contributed by atoms with Crippen LogP contribution in [0.5, 0.6) is 5.75 Å². The van der Waals surface area contributed by atoms with Gasteiger partial charge in [0.25, 0.3) is 17.7 Å². The highest BCUT2D eigenvalue weighted by atomic mass is 79.9. The van der Waals surface area contributed by atoms with E-state index in [2.05, 4.69) is 21.2 Å². The Balaban J connectivity index is 1.11. The van der Waals surface area contributed by atoms with Crippen molar-refractivity contribution in [3.05, 3.63) is 113 Å². The highest BCUT2D eigenvalue weighted by molar-refractivity contribution is 9.10. The maximum atomic E-state index is 13.4. The number of carbonyl (C=O) groups excluding carboxylic acids is 3. The SMILES string of the molecule is O=C(COc1ccc2ccccc2c1)NCCN1C(=O)c2cccc3c(Sc4ccc(Br)cc4)ccc(c23)C1=O. The van der Waals surface area contributed by atoms with Crippen LogP contribution >= 0.6 is 27.7 Å². The Kier molecular flexibility index (Phi) is 7.28. The number of amides is 3. The van der Waals surface area contributed by atoms with E-state index in [4.69, 9.17) is 4.74 Å². The Hall–Kier alpha value is -4.14. The Morgan fingerprint density at radius 2 is 1.57 bits per heavy atom. The van der Waals surface area contributed by atoms with E-state index in [1.807, 2.05) is 84.9 Å². The molecule has 0 atom stereocenters. The first-order chi connectivity index (χ1) is 19.5. The lowest BCUT2D eigenvalue weighted by Gasteiger charge is -2.27. The van der Waals surface area contributed by atoms with Crippen LogP contribution in [0.25, 0.3) is 21.5 Å². The molecule has 5 aromatic rings. The molecule has 40 heavy (non-hydrogen) atoms. The Morgan fingerprint density at radius 3 is 2.38 bits per heavy atom. The molecule has 0 unspecified atom stereocenters. The summed E-state index contributed by atoms with van der Waals surface area (Å²) < 4.78 is 6.64. The second-order valence-corrected chi connectivity index (χ2v) is 11.3. The third-order valence-corrected chi connectivity index (χ3v) is 8.35. The average Bonchev–Trinajstić information content (AvgIpc) is 2.98. The summed E-state index contributed by atoms with van der Waals surface area (Å²) in [5, 5.41) is 6.40. The molecule has 5 aromatic carbocycles. The molecule has 0 saturated heterocycles. The molecule has 6 nitrogen and oxygen atoms in total. The van der Waals surface area contributed by atoms with Crippen LogP contribution in [0.15, 0.2) is 111 Å². The van der Waals surface area contributed by atoms with Crippen molar-refractivity contribution >= 4 is 67.0 Å². The van der Waals surface area contributed by atoms with Crippen molar-refractivity contribution in [3.63, 3.8) is 0 Å². The molecule has 1 aliphatic rings. The Labute approximate surface area is 243 Å². The van der Waals surface area contributed by atoms with Gasteiger partial charge in [-0.15, -0.1) is 0 Å². The summed E-state index contributed by atoms with van der Waals surface area (Å²) in [6.07, 6.45) is 0. The van der Waals surface area contributed by atoms with Gasteiger partial charge < -0.3 is 10.1 Å². The fourth-order valence-electron chi connectivity index (χ4n) is 4.81. The number of fused-ring (bicyclic) bond motifs is 1. The first-order valence-corrected chi connectivity index (χ1v) is 14.3. The van der Waals surface area contributed by atoms with E-state index in [1.54, 1.807) is 23.9 Å². The van der Waals surface area contributed by atoms with Crippen LogP contribution < -0.4 is 10.1 Å². The summed E-state index contributed by atoms with van der Waals surface area (Å²) in [6.45, 7) is 0.0198. The molecule has 0 spiro atoms. The second-order valence-electron chi connectivity index (χ2n) is 9.30. The van der Waals surface area contributed by atoms with Gasteiger partial charge >= 0.3 is 0 Å². The molecule has 0 aromatic heterocycles. The molecule has 1 heterocycles. The number of nitrogens with zero attached hydrogens (tertiary/aromatic N) is 1. The minimum Gasteiger partial charge on any atom is -0.484 e. The lowest BCUT2D eigenvalue weighted by Crippen LogP contribution is -2.45. The van der Waals surface area contributed by atoms with Gasteiger partial charge in [-0.25, -0.2) is 0 Å². The first-order valence-electron chi connectivity index (χ1n) is 12.7. The summed E-state index contributed by atoms with van der Waals surface area (Å²) in [6, 6.07) is 30.8. The molecule has 8 heteroatoms. The van der Waals surface area contributed by atoms with Gasteiger partial charge in [-0.2, -0.15) is 0 Å². The first kappa shape index (κ1) is 26.1. The molecule has 1 N–H and O–H groups in total. The number of benzene rings is 5. The van der Waals surface area contributed by atoms with Crippen LogP contribution in [-0.4, -0.2) is 42.3 Å². The third-order valence-electron chi connectivity index (χ3n) is 6.74. The number of hydrogen-bond donors (Lipinski definition) is 1. The number of hydrogen-bond acceptors (Lipinski definition) is 5. The van der Waals surface area contributed by atoms with Crippen molar-refractivity contribution in [2.24, 2.45) is 0 Å². The van der Waals surface area contributed by atoms with E-state index in [-0.39, 0.29) is 37.4 Å². The summed E-state index contributed by atoms with van der Waals surface area (Å²) in [7, 11) is 0. The van der Waals surface area contributed by atoms with Crippen LogP contribution in [-0.2, 0) is 4.79 Å². The fourth-order valence-corrected chi connectivity index (χ4v) is 6.01. The molecule has 198 valence electrons. The van der Waals surface area contributed by atoms with Gasteiger partial charge in [0.2, 0.25) is 0 Å². The molecule has 0 radical (unpaired) electrons. The maximum Gasteiger partial charge on any atom is 0.261 e. The van der Waals surface area contributed by atoms with Gasteiger partial charge in [0.05, 0.1) is 0 Å². The zero-order valence-corrected chi connectivity index (χ0v) is 23.6. The van der Waals surface area contributed by atoms with Crippen LogP contribution in [0.2, 0.25) is 0 Å². The minimum atomic E-state index is -0.365. The van der Waals surface area contributed by atoms with E-state index >= 15 is 0 Å². The predicted molar refractivity (Wildman–Crippen MR) is 160 cm³/mol. The lowest BCUT2D eigenvalue weighted by molar-refractivity contribution is -0.123. The van der Waals surface area contributed by atoms with Gasteiger partial charge in [-0.3, -0.25) is 19.3 Å². The Morgan fingerprint density at radius 1 is 0.825 bits per heavy atom. The molecule has 0 saturated carbocycles. The van der Waals surface area contributed by atoms with Crippen molar-refractivity contribution in [1.29, 1.82) is 0 Å². The highest BCUT2D eigenvalue weighted by Gasteiger charge is 2.33.